The van der Waals surface area contributed by atoms with Crippen molar-refractivity contribution in [3.8, 4) is 29.4 Å². The predicted octanol–water partition coefficient (Wildman–Crippen LogP) is 3.69. The first-order chi connectivity index (χ1) is 12.5. The largest absolute Gasteiger partial charge is 0.507 e. The Morgan fingerprint density at radius 2 is 2.04 bits per heavy atom. The SMILES string of the molecule is C#Cc1ccc(-c2nnc(NC3CC(C)(OC)C3)cc2C2CC2)c(O)c1. The van der Waals surface area contributed by atoms with E-state index in [1.54, 1.807) is 13.2 Å². The maximum atomic E-state index is 10.4. The molecule has 0 amide bonds. The highest BCUT2D eigenvalue weighted by atomic mass is 16.5. The van der Waals surface area contributed by atoms with Crippen LogP contribution in [0, 0.1) is 12.3 Å². The average molecular weight is 349 g/mol. The van der Waals surface area contributed by atoms with Crippen molar-refractivity contribution in [1.29, 1.82) is 0 Å². The Morgan fingerprint density at radius 3 is 2.65 bits per heavy atom. The molecule has 134 valence electrons. The lowest BCUT2D eigenvalue weighted by atomic mass is 9.77. The molecular weight excluding hydrogens is 326 g/mol. The van der Waals surface area contributed by atoms with E-state index in [9.17, 15) is 5.11 Å². The maximum Gasteiger partial charge on any atom is 0.149 e. The normalized spacial score (nSPS) is 24.6. The monoisotopic (exact) mass is 349 g/mol. The van der Waals surface area contributed by atoms with E-state index < -0.39 is 0 Å². The molecule has 5 nitrogen and oxygen atoms in total. The van der Waals surface area contributed by atoms with Gasteiger partial charge in [-0.3, -0.25) is 0 Å². The summed E-state index contributed by atoms with van der Waals surface area (Å²) in [7, 11) is 1.76. The van der Waals surface area contributed by atoms with Gasteiger partial charge < -0.3 is 15.2 Å². The molecule has 4 rings (SSSR count). The molecule has 1 aromatic carbocycles. The summed E-state index contributed by atoms with van der Waals surface area (Å²) >= 11 is 0. The number of terminal acetylenes is 1. The summed E-state index contributed by atoms with van der Waals surface area (Å²) in [4.78, 5) is 0. The number of aromatic nitrogens is 2. The number of nitrogens with zero attached hydrogens (tertiary/aromatic N) is 2. The zero-order valence-corrected chi connectivity index (χ0v) is 15.1. The first-order valence-electron chi connectivity index (χ1n) is 9.00. The van der Waals surface area contributed by atoms with Gasteiger partial charge in [0.05, 0.1) is 5.60 Å². The van der Waals surface area contributed by atoms with Gasteiger partial charge in [0.1, 0.15) is 17.3 Å². The standard InChI is InChI=1S/C21H23N3O2/c1-4-13-5-8-16(18(25)9-13)20-17(14-6-7-14)10-19(23-24-20)22-15-11-21(2,12-15)26-3/h1,5,8-10,14-15,25H,6-7,11-12H2,2-3H3,(H,22,23). The minimum absolute atomic E-state index is 0.0328. The number of phenols is 1. The second-order valence-electron chi connectivity index (χ2n) is 7.59. The van der Waals surface area contributed by atoms with Gasteiger partial charge in [-0.2, -0.15) is 0 Å². The van der Waals surface area contributed by atoms with E-state index in [-0.39, 0.29) is 11.4 Å². The van der Waals surface area contributed by atoms with E-state index in [0.717, 1.165) is 42.8 Å². The zero-order valence-electron chi connectivity index (χ0n) is 15.1. The Labute approximate surface area is 153 Å². The number of methoxy groups -OCH3 is 1. The molecule has 0 bridgehead atoms. The van der Waals surface area contributed by atoms with Gasteiger partial charge in [-0.1, -0.05) is 5.92 Å². The van der Waals surface area contributed by atoms with Crippen LogP contribution in [0.25, 0.3) is 11.3 Å². The molecule has 2 aliphatic carbocycles. The van der Waals surface area contributed by atoms with Crippen LogP contribution in [-0.2, 0) is 4.74 Å². The van der Waals surface area contributed by atoms with E-state index in [1.165, 1.54) is 0 Å². The lowest BCUT2D eigenvalue weighted by molar-refractivity contribution is -0.0625. The van der Waals surface area contributed by atoms with Gasteiger partial charge in [-0.15, -0.1) is 16.6 Å². The fraction of sp³-hybridized carbons (Fsp3) is 0.429. The van der Waals surface area contributed by atoms with E-state index in [1.807, 2.05) is 12.1 Å². The summed E-state index contributed by atoms with van der Waals surface area (Å²) in [5.74, 6) is 3.96. The second-order valence-corrected chi connectivity index (χ2v) is 7.59. The van der Waals surface area contributed by atoms with E-state index in [2.05, 4.69) is 34.4 Å². The minimum atomic E-state index is -0.0328. The number of phenolic OH excluding ortho intramolecular Hbond substituents is 1. The number of anilines is 1. The lowest BCUT2D eigenvalue weighted by Gasteiger charge is -2.44. The third-order valence-electron chi connectivity index (χ3n) is 5.46. The van der Waals surface area contributed by atoms with Gasteiger partial charge in [0.15, 0.2) is 0 Å². The van der Waals surface area contributed by atoms with Crippen LogP contribution in [0.5, 0.6) is 5.75 Å². The van der Waals surface area contributed by atoms with Crippen LogP contribution in [0.3, 0.4) is 0 Å². The quantitative estimate of drug-likeness (QED) is 0.806. The molecule has 2 aromatic rings. The summed E-state index contributed by atoms with van der Waals surface area (Å²) in [6.07, 6.45) is 9.61. The molecule has 0 unspecified atom stereocenters. The molecule has 1 aromatic heterocycles. The van der Waals surface area contributed by atoms with Gasteiger partial charge in [0.25, 0.3) is 0 Å². The molecule has 0 saturated heterocycles. The highest BCUT2D eigenvalue weighted by Gasteiger charge is 2.40. The van der Waals surface area contributed by atoms with Crippen LogP contribution >= 0.6 is 0 Å². The van der Waals surface area contributed by atoms with Crippen molar-refractivity contribution in [1.82, 2.24) is 10.2 Å². The third kappa shape index (κ3) is 3.13. The molecule has 0 spiro atoms. The van der Waals surface area contributed by atoms with Crippen molar-refractivity contribution in [2.45, 2.75) is 50.2 Å². The molecule has 5 heteroatoms. The van der Waals surface area contributed by atoms with Gasteiger partial charge in [0.2, 0.25) is 0 Å². The number of hydrogen-bond donors (Lipinski definition) is 2. The summed E-state index contributed by atoms with van der Waals surface area (Å²) in [6, 6.07) is 7.68. The van der Waals surface area contributed by atoms with E-state index >= 15 is 0 Å². The molecule has 0 aliphatic heterocycles. The fourth-order valence-corrected chi connectivity index (χ4v) is 3.67. The highest BCUT2D eigenvalue weighted by molar-refractivity contribution is 5.72. The smallest absolute Gasteiger partial charge is 0.149 e. The molecular formula is C21H23N3O2. The minimum Gasteiger partial charge on any atom is -0.507 e. The number of rotatable bonds is 5. The van der Waals surface area contributed by atoms with Gasteiger partial charge in [-0.25, -0.2) is 0 Å². The summed E-state index contributed by atoms with van der Waals surface area (Å²) in [5.41, 5.74) is 3.18. The Hall–Kier alpha value is -2.58. The Balaban J connectivity index is 1.60. The van der Waals surface area contributed by atoms with E-state index in [4.69, 9.17) is 11.2 Å². The molecule has 2 aliphatic rings. The third-order valence-corrected chi connectivity index (χ3v) is 5.46. The Kier molecular flexibility index (Phi) is 4.08. The average Bonchev–Trinajstić information content (AvgIpc) is 3.45. The molecule has 2 fully saturated rings. The number of hydrogen-bond acceptors (Lipinski definition) is 5. The van der Waals surface area contributed by atoms with Crippen molar-refractivity contribution in [2.75, 3.05) is 12.4 Å². The van der Waals surface area contributed by atoms with Crippen LogP contribution in [0.2, 0.25) is 0 Å². The second kappa shape index (κ2) is 6.30. The summed E-state index contributed by atoms with van der Waals surface area (Å²) < 4.78 is 5.50. The first-order valence-corrected chi connectivity index (χ1v) is 9.00. The van der Waals surface area contributed by atoms with Crippen molar-refractivity contribution in [2.24, 2.45) is 0 Å². The van der Waals surface area contributed by atoms with Crippen molar-refractivity contribution in [3.63, 3.8) is 0 Å². The Morgan fingerprint density at radius 1 is 1.27 bits per heavy atom. The van der Waals surface area contributed by atoms with Crippen molar-refractivity contribution in [3.05, 3.63) is 35.4 Å². The lowest BCUT2D eigenvalue weighted by Crippen LogP contribution is -2.49. The molecule has 0 radical (unpaired) electrons. The van der Waals surface area contributed by atoms with Crippen LogP contribution < -0.4 is 5.32 Å². The fourth-order valence-electron chi connectivity index (χ4n) is 3.67. The van der Waals surface area contributed by atoms with Crippen LogP contribution in [-0.4, -0.2) is 34.1 Å². The maximum absolute atomic E-state index is 10.4. The zero-order chi connectivity index (χ0) is 18.3. The molecule has 0 atom stereocenters. The number of ether oxygens (including phenoxy) is 1. The molecule has 1 heterocycles. The predicted molar refractivity (Wildman–Crippen MR) is 101 cm³/mol. The van der Waals surface area contributed by atoms with Crippen LogP contribution in [0.1, 0.15) is 49.7 Å². The number of benzene rings is 1. The first kappa shape index (κ1) is 16.9. The topological polar surface area (TPSA) is 67.3 Å². The molecule has 2 saturated carbocycles. The van der Waals surface area contributed by atoms with E-state index in [0.29, 0.717) is 23.1 Å². The van der Waals surface area contributed by atoms with Crippen LogP contribution in [0.15, 0.2) is 24.3 Å². The van der Waals surface area contributed by atoms with Crippen LogP contribution in [0.4, 0.5) is 5.82 Å². The van der Waals surface area contributed by atoms with Gasteiger partial charge >= 0.3 is 0 Å². The van der Waals surface area contributed by atoms with Gasteiger partial charge in [0, 0.05) is 24.3 Å². The Bertz CT molecular complexity index is 877. The molecule has 26 heavy (non-hydrogen) atoms. The summed E-state index contributed by atoms with van der Waals surface area (Å²) in [5, 5.41) is 22.6. The van der Waals surface area contributed by atoms with Crippen molar-refractivity contribution >= 4 is 5.82 Å². The van der Waals surface area contributed by atoms with Gasteiger partial charge in [-0.05, 0) is 68.4 Å². The highest BCUT2D eigenvalue weighted by Crippen LogP contribution is 2.46. The summed E-state index contributed by atoms with van der Waals surface area (Å²) in [6.45, 7) is 2.12. The number of nitrogens with one attached hydrogen (secondary N) is 1. The molecule has 2 N–H and O–H groups in total. The van der Waals surface area contributed by atoms with Crippen molar-refractivity contribution < 1.29 is 9.84 Å². The number of aromatic hydroxyl groups is 1.